The lowest BCUT2D eigenvalue weighted by Crippen LogP contribution is -2.52. The molecule has 2 aliphatic rings. The van der Waals surface area contributed by atoms with Crippen LogP contribution in [0.4, 0.5) is 0 Å². The third-order valence-corrected chi connectivity index (χ3v) is 4.70. The second-order valence-corrected chi connectivity index (χ2v) is 6.72. The monoisotopic (exact) mass is 272 g/mol. The second kappa shape index (κ2) is 5.21. The summed E-state index contributed by atoms with van der Waals surface area (Å²) in [6.07, 6.45) is 4.60. The molecule has 2 fully saturated rings. The molecule has 1 heterocycles. The number of carbonyl (C=O) groups is 1. The van der Waals surface area contributed by atoms with Crippen LogP contribution in [0.1, 0.15) is 54.4 Å². The van der Waals surface area contributed by atoms with E-state index in [-0.39, 0.29) is 11.4 Å². The first-order valence-corrected chi connectivity index (χ1v) is 7.67. The summed E-state index contributed by atoms with van der Waals surface area (Å²) >= 11 is 0. The van der Waals surface area contributed by atoms with Gasteiger partial charge in [0.1, 0.15) is 0 Å². The average molecular weight is 272 g/mol. The maximum absolute atomic E-state index is 12.5. The molecule has 3 nitrogen and oxygen atoms in total. The number of nitrogens with zero attached hydrogens (tertiary/aromatic N) is 1. The third kappa shape index (κ3) is 3.04. The molecule has 1 aromatic rings. The SMILES string of the molecule is CN1CCC(C)(NC(=O)c2cccc(C3CC3)c2)CC1. The standard InChI is InChI=1S/C17H24N2O/c1-17(8-10-19(2)11-9-17)18-16(20)15-5-3-4-14(12-15)13-6-7-13/h3-5,12-13H,6-11H2,1-2H3,(H,18,20). The lowest BCUT2D eigenvalue weighted by molar-refractivity contribution is 0.0852. The van der Waals surface area contributed by atoms with Crippen LogP contribution in [0, 0.1) is 0 Å². The minimum atomic E-state index is -0.0564. The molecule has 1 saturated heterocycles. The van der Waals surface area contributed by atoms with Crippen molar-refractivity contribution in [1.82, 2.24) is 10.2 Å². The van der Waals surface area contributed by atoms with Crippen LogP contribution in [0.25, 0.3) is 0 Å². The molecule has 108 valence electrons. The van der Waals surface area contributed by atoms with Crippen molar-refractivity contribution in [1.29, 1.82) is 0 Å². The number of hydrogen-bond acceptors (Lipinski definition) is 2. The summed E-state index contributed by atoms with van der Waals surface area (Å²) < 4.78 is 0. The van der Waals surface area contributed by atoms with Gasteiger partial charge in [-0.25, -0.2) is 0 Å². The van der Waals surface area contributed by atoms with Crippen molar-refractivity contribution in [3.8, 4) is 0 Å². The van der Waals surface area contributed by atoms with E-state index in [1.807, 2.05) is 12.1 Å². The number of benzene rings is 1. The first-order chi connectivity index (χ1) is 9.56. The fourth-order valence-corrected chi connectivity index (χ4v) is 2.93. The van der Waals surface area contributed by atoms with Crippen LogP contribution in [-0.2, 0) is 0 Å². The minimum Gasteiger partial charge on any atom is -0.347 e. The van der Waals surface area contributed by atoms with Crippen molar-refractivity contribution >= 4 is 5.91 Å². The smallest absolute Gasteiger partial charge is 0.251 e. The maximum atomic E-state index is 12.5. The fraction of sp³-hybridized carbons (Fsp3) is 0.588. The van der Waals surface area contributed by atoms with E-state index >= 15 is 0 Å². The highest BCUT2D eigenvalue weighted by molar-refractivity contribution is 5.94. The molecule has 0 aromatic heterocycles. The van der Waals surface area contributed by atoms with Crippen molar-refractivity contribution in [2.24, 2.45) is 0 Å². The summed E-state index contributed by atoms with van der Waals surface area (Å²) in [6, 6.07) is 8.16. The molecule has 0 unspecified atom stereocenters. The van der Waals surface area contributed by atoms with Gasteiger partial charge in [0.25, 0.3) is 5.91 Å². The van der Waals surface area contributed by atoms with Crippen LogP contribution in [0.5, 0.6) is 0 Å². The highest BCUT2D eigenvalue weighted by Crippen LogP contribution is 2.40. The number of amides is 1. The van der Waals surface area contributed by atoms with Crippen LogP contribution >= 0.6 is 0 Å². The zero-order valence-electron chi connectivity index (χ0n) is 12.5. The summed E-state index contributed by atoms with van der Waals surface area (Å²) in [5, 5.41) is 3.25. The predicted molar refractivity (Wildman–Crippen MR) is 81.0 cm³/mol. The van der Waals surface area contributed by atoms with Gasteiger partial charge in [0.05, 0.1) is 0 Å². The number of carbonyl (C=O) groups excluding carboxylic acids is 1. The molecule has 1 amide bonds. The highest BCUT2D eigenvalue weighted by Gasteiger charge is 2.31. The Labute approximate surface area is 121 Å². The number of likely N-dealkylation sites (tertiary alicyclic amines) is 1. The molecule has 0 atom stereocenters. The Morgan fingerprint density at radius 1 is 1.30 bits per heavy atom. The molecule has 1 N–H and O–H groups in total. The highest BCUT2D eigenvalue weighted by atomic mass is 16.1. The van der Waals surface area contributed by atoms with Crippen LogP contribution < -0.4 is 5.32 Å². The molecule has 0 spiro atoms. The van der Waals surface area contributed by atoms with Gasteiger partial charge in [-0.3, -0.25) is 4.79 Å². The minimum absolute atomic E-state index is 0.0564. The third-order valence-electron chi connectivity index (χ3n) is 4.70. The van der Waals surface area contributed by atoms with Gasteiger partial charge in [-0.15, -0.1) is 0 Å². The largest absolute Gasteiger partial charge is 0.347 e. The Morgan fingerprint density at radius 3 is 2.65 bits per heavy atom. The molecule has 1 saturated carbocycles. The van der Waals surface area contributed by atoms with Gasteiger partial charge in [0.2, 0.25) is 0 Å². The number of piperidine rings is 1. The van der Waals surface area contributed by atoms with E-state index in [1.165, 1.54) is 18.4 Å². The van der Waals surface area contributed by atoms with Gasteiger partial charge in [-0.2, -0.15) is 0 Å². The van der Waals surface area contributed by atoms with Crippen molar-refractivity contribution in [2.75, 3.05) is 20.1 Å². The summed E-state index contributed by atoms with van der Waals surface area (Å²) in [7, 11) is 2.14. The summed E-state index contributed by atoms with van der Waals surface area (Å²) in [5.74, 6) is 0.779. The van der Waals surface area contributed by atoms with Gasteiger partial charge in [0.15, 0.2) is 0 Å². The molecule has 1 aliphatic heterocycles. The van der Waals surface area contributed by atoms with Crippen molar-refractivity contribution in [3.05, 3.63) is 35.4 Å². The predicted octanol–water partition coefficient (Wildman–Crippen LogP) is 2.78. The molecule has 0 radical (unpaired) electrons. The van der Waals surface area contributed by atoms with Crippen LogP contribution in [0.2, 0.25) is 0 Å². The van der Waals surface area contributed by atoms with Gasteiger partial charge in [0, 0.05) is 24.2 Å². The summed E-state index contributed by atoms with van der Waals surface area (Å²) in [4.78, 5) is 14.8. The lowest BCUT2D eigenvalue weighted by Gasteiger charge is -2.38. The maximum Gasteiger partial charge on any atom is 0.251 e. The normalized spacial score (nSPS) is 22.5. The molecular formula is C17H24N2O. The van der Waals surface area contributed by atoms with E-state index in [2.05, 4.69) is 36.3 Å². The number of nitrogens with one attached hydrogen (secondary N) is 1. The molecule has 3 heteroatoms. The van der Waals surface area contributed by atoms with Gasteiger partial charge in [-0.05, 0) is 63.3 Å². The Morgan fingerprint density at radius 2 is 2.00 bits per heavy atom. The second-order valence-electron chi connectivity index (χ2n) is 6.72. The Kier molecular flexibility index (Phi) is 3.55. The lowest BCUT2D eigenvalue weighted by atomic mass is 9.89. The van der Waals surface area contributed by atoms with Gasteiger partial charge in [-0.1, -0.05) is 12.1 Å². The van der Waals surface area contributed by atoms with E-state index < -0.39 is 0 Å². The zero-order valence-corrected chi connectivity index (χ0v) is 12.5. The Balaban J connectivity index is 1.68. The zero-order chi connectivity index (χ0) is 14.2. The van der Waals surface area contributed by atoms with Crippen LogP contribution in [-0.4, -0.2) is 36.5 Å². The van der Waals surface area contributed by atoms with Crippen molar-refractivity contribution in [2.45, 2.75) is 44.1 Å². The fourth-order valence-electron chi connectivity index (χ4n) is 2.93. The van der Waals surface area contributed by atoms with E-state index in [1.54, 1.807) is 0 Å². The van der Waals surface area contributed by atoms with Crippen molar-refractivity contribution < 1.29 is 4.79 Å². The molecule has 20 heavy (non-hydrogen) atoms. The average Bonchev–Trinajstić information content (AvgIpc) is 3.27. The molecule has 1 aromatic carbocycles. The topological polar surface area (TPSA) is 32.3 Å². The summed E-state index contributed by atoms with van der Waals surface area (Å²) in [5.41, 5.74) is 2.08. The van der Waals surface area contributed by atoms with E-state index in [9.17, 15) is 4.79 Å². The van der Waals surface area contributed by atoms with E-state index in [0.29, 0.717) is 5.92 Å². The molecule has 1 aliphatic carbocycles. The summed E-state index contributed by atoms with van der Waals surface area (Å²) in [6.45, 7) is 4.28. The molecule has 0 bridgehead atoms. The van der Waals surface area contributed by atoms with Crippen molar-refractivity contribution in [3.63, 3.8) is 0 Å². The first-order valence-electron chi connectivity index (χ1n) is 7.67. The van der Waals surface area contributed by atoms with E-state index in [0.717, 1.165) is 31.5 Å². The molecule has 3 rings (SSSR count). The quantitative estimate of drug-likeness (QED) is 0.917. The molecular weight excluding hydrogens is 248 g/mol. The first kappa shape index (κ1) is 13.6. The van der Waals surface area contributed by atoms with Crippen LogP contribution in [0.3, 0.4) is 0 Å². The Bertz CT molecular complexity index is 499. The Hall–Kier alpha value is -1.35. The number of hydrogen-bond donors (Lipinski definition) is 1. The van der Waals surface area contributed by atoms with Gasteiger partial charge < -0.3 is 10.2 Å². The van der Waals surface area contributed by atoms with E-state index in [4.69, 9.17) is 0 Å². The number of rotatable bonds is 3. The van der Waals surface area contributed by atoms with Crippen LogP contribution in [0.15, 0.2) is 24.3 Å². The van der Waals surface area contributed by atoms with Gasteiger partial charge >= 0.3 is 0 Å².